The fraction of sp³-hybridized carbons (Fsp3) is 0.340. The minimum absolute atomic E-state index is 0. The molecule has 2 radical (unpaired) electrons. The quantitative estimate of drug-likeness (QED) is 0.105. The molecule has 4 aliphatic rings. The molecule has 2 atom stereocenters. The first-order chi connectivity index (χ1) is 28.9. The molecule has 1 saturated heterocycles. The normalized spacial score (nSPS) is 21.1. The van der Waals surface area contributed by atoms with Crippen LogP contribution in [-0.4, -0.2) is 71.6 Å². The predicted molar refractivity (Wildman–Crippen MR) is 249 cm³/mol. The Labute approximate surface area is 397 Å². The molecule has 1 fully saturated rings. The number of methoxy groups -OCH3 is 1. The van der Waals surface area contributed by atoms with Crippen molar-refractivity contribution in [1.82, 2.24) is 9.80 Å². The molecule has 1 aliphatic carbocycles. The molecule has 4 aromatic carbocycles. The zero-order valence-corrected chi connectivity index (χ0v) is 40.3. The van der Waals surface area contributed by atoms with Crippen LogP contribution >= 0.6 is 12.2 Å². The summed E-state index contributed by atoms with van der Waals surface area (Å²) in [4.78, 5) is 20.6. The first kappa shape index (κ1) is 50.3. The molecule has 4 aromatic rings. The maximum Gasteiger partial charge on any atom is 2.00 e. The van der Waals surface area contributed by atoms with E-state index < -0.39 is 12.1 Å². The summed E-state index contributed by atoms with van der Waals surface area (Å²) in [7, 11) is 5.98. The second kappa shape index (κ2) is 22.3. The molecule has 6 nitrogen and oxygen atoms in total. The van der Waals surface area contributed by atoms with E-state index in [0.29, 0.717) is 18.2 Å². The minimum Gasteiger partial charge on any atom is -0.371 e. The summed E-state index contributed by atoms with van der Waals surface area (Å²) in [6.45, 7) is 14.3. The molecule has 0 saturated carbocycles. The average molecular weight is 934 g/mol. The van der Waals surface area contributed by atoms with Gasteiger partial charge in [0.1, 0.15) is 24.9 Å². The number of hydrogen-bond acceptors (Lipinski definition) is 4. The van der Waals surface area contributed by atoms with Crippen LogP contribution in [0.15, 0.2) is 144 Å². The van der Waals surface area contributed by atoms with Crippen LogP contribution in [0.5, 0.6) is 0 Å². The van der Waals surface area contributed by atoms with Crippen molar-refractivity contribution in [3.8, 4) is 0 Å². The van der Waals surface area contributed by atoms with Gasteiger partial charge in [-0.1, -0.05) is 51.1 Å². The largest absolute Gasteiger partial charge is 2.00 e. The van der Waals surface area contributed by atoms with E-state index in [-0.39, 0.29) is 50.3 Å². The zero-order chi connectivity index (χ0) is 43.0. The van der Waals surface area contributed by atoms with Crippen LogP contribution in [-0.2, 0) is 53.9 Å². The van der Waals surface area contributed by atoms with Gasteiger partial charge in [-0.15, -0.1) is 17.7 Å². The molecule has 3 aliphatic heterocycles. The second-order valence-corrected chi connectivity index (χ2v) is 16.8. The summed E-state index contributed by atoms with van der Waals surface area (Å²) in [6, 6.07) is 44.0. The fourth-order valence-electron chi connectivity index (χ4n) is 9.14. The summed E-state index contributed by atoms with van der Waals surface area (Å²) in [5.74, 6) is -0.506. The molecule has 0 aromatic heterocycles. The van der Waals surface area contributed by atoms with Crippen molar-refractivity contribution >= 4 is 40.3 Å². The topological polar surface area (TPSA) is 39.0 Å². The standard InChI is InChI=1S/C41H49N4O2S.2C6H5.2Co/c1-10-44-37(46)36(38(47-9)45(11-2)39(44)48)35-27(23-25-33-40(3,4)29-19-12-14-21-31(29)42(33)7)17-16-18-28(35)24-26-34-41(5,6)30-20-13-15-22-32(30)43(34)8;2*1-2-4-6-5-3-1;;/h14-15,19-26,36,38H,10-11,16-18H2,1-9H3;2*1-5H;;/q3*-1;2*+2. The number of carbonyl (C=O) groups is 1. The molecule has 1 amide bonds. The van der Waals surface area contributed by atoms with Gasteiger partial charge in [-0.05, 0) is 73.5 Å². The number of carbonyl (C=O) groups excluding carboxylic acids is 1. The molecular formula is C53H59Co2N4O2S+. The SMILES string of the molecule is CCN1C(=O)C(C2=C(C=CC3=[N+](C)c4cc[c-]cc4C3(C)C)CCCC2=CC=C2N(C)c3cc[c-]cc3C2(C)C)C(OC)N(CC)C1=S.[Co+2].[Co+2].[c-]1ccccc1.[c-]1ccccc1. The maximum absolute atomic E-state index is 14.5. The van der Waals surface area contributed by atoms with Gasteiger partial charge in [0.2, 0.25) is 5.91 Å². The molecule has 2 unspecified atom stereocenters. The Hall–Kier alpha value is -4.36. The van der Waals surface area contributed by atoms with E-state index in [2.05, 4.69) is 136 Å². The van der Waals surface area contributed by atoms with Crippen molar-refractivity contribution in [3.63, 3.8) is 0 Å². The van der Waals surface area contributed by atoms with Gasteiger partial charge in [0.25, 0.3) is 0 Å². The molecule has 0 bridgehead atoms. The maximum atomic E-state index is 14.5. The third kappa shape index (κ3) is 10.2. The number of nitrogens with zero attached hydrogens (tertiary/aromatic N) is 4. The van der Waals surface area contributed by atoms with E-state index in [4.69, 9.17) is 17.0 Å². The number of ether oxygens (including phenoxy) is 1. The van der Waals surface area contributed by atoms with Crippen molar-refractivity contribution in [2.24, 2.45) is 5.92 Å². The smallest absolute Gasteiger partial charge is 0.371 e. The van der Waals surface area contributed by atoms with Crippen molar-refractivity contribution < 1.29 is 47.7 Å². The fourth-order valence-corrected chi connectivity index (χ4v) is 9.59. The number of anilines is 1. The predicted octanol–water partition coefficient (Wildman–Crippen LogP) is 10.6. The number of hydrogen-bond donors (Lipinski definition) is 0. The van der Waals surface area contributed by atoms with Crippen molar-refractivity contribution in [2.45, 2.75) is 77.9 Å². The number of rotatable bonds is 7. The Morgan fingerprint density at radius 1 is 0.806 bits per heavy atom. The first-order valence-corrected chi connectivity index (χ1v) is 21.5. The Bertz CT molecular complexity index is 2230. The number of amides is 1. The Kier molecular flexibility index (Phi) is 18.1. The van der Waals surface area contributed by atoms with E-state index >= 15 is 0 Å². The van der Waals surface area contributed by atoms with Crippen molar-refractivity contribution in [1.29, 1.82) is 0 Å². The molecule has 0 N–H and O–H groups in total. The number of likely N-dealkylation sites (N-methyl/N-ethyl adjacent to an activating group) is 1. The summed E-state index contributed by atoms with van der Waals surface area (Å²) < 4.78 is 8.48. The minimum atomic E-state index is -0.515. The number of benzene rings is 4. The summed E-state index contributed by atoms with van der Waals surface area (Å²) in [6.07, 6.45) is 11.4. The Morgan fingerprint density at radius 2 is 1.42 bits per heavy atom. The van der Waals surface area contributed by atoms with Gasteiger partial charge in [0.05, 0.1) is 0 Å². The van der Waals surface area contributed by atoms with Gasteiger partial charge in [-0.2, -0.15) is 109 Å². The number of fused-ring (bicyclic) bond motifs is 2. The third-order valence-electron chi connectivity index (χ3n) is 12.2. The zero-order valence-electron chi connectivity index (χ0n) is 37.4. The van der Waals surface area contributed by atoms with Crippen LogP contribution in [0, 0.1) is 30.2 Å². The van der Waals surface area contributed by atoms with E-state index in [1.54, 1.807) is 12.0 Å². The molecule has 3 heterocycles. The van der Waals surface area contributed by atoms with Crippen LogP contribution in [0.3, 0.4) is 0 Å². The third-order valence-corrected chi connectivity index (χ3v) is 12.7. The first-order valence-electron chi connectivity index (χ1n) is 21.1. The Balaban J connectivity index is 0.000000520. The monoisotopic (exact) mass is 933 g/mol. The van der Waals surface area contributed by atoms with E-state index in [1.807, 2.05) is 79.7 Å². The van der Waals surface area contributed by atoms with Crippen LogP contribution in [0.2, 0.25) is 0 Å². The van der Waals surface area contributed by atoms with Gasteiger partial charge in [0.15, 0.2) is 10.8 Å². The van der Waals surface area contributed by atoms with Crippen molar-refractivity contribution in [2.75, 3.05) is 39.2 Å². The summed E-state index contributed by atoms with van der Waals surface area (Å²) in [5, 5.41) is 0.539. The molecule has 0 spiro atoms. The molecular weight excluding hydrogens is 875 g/mol. The molecule has 8 rings (SSSR count). The molecule has 9 heteroatoms. The summed E-state index contributed by atoms with van der Waals surface area (Å²) in [5.41, 5.74) is 10.5. The Morgan fingerprint density at radius 3 is 1.94 bits per heavy atom. The number of allylic oxidation sites excluding steroid dienone is 7. The van der Waals surface area contributed by atoms with E-state index in [0.717, 1.165) is 24.8 Å². The van der Waals surface area contributed by atoms with Gasteiger partial charge in [-0.3, -0.25) is 9.69 Å². The molecule has 62 heavy (non-hydrogen) atoms. The van der Waals surface area contributed by atoms with Crippen LogP contribution in [0.4, 0.5) is 11.4 Å². The van der Waals surface area contributed by atoms with E-state index in [9.17, 15) is 4.79 Å². The van der Waals surface area contributed by atoms with Crippen LogP contribution in [0.25, 0.3) is 0 Å². The van der Waals surface area contributed by atoms with Crippen LogP contribution in [0.1, 0.15) is 71.9 Å². The van der Waals surface area contributed by atoms with Crippen molar-refractivity contribution in [3.05, 3.63) is 179 Å². The second-order valence-electron chi connectivity index (χ2n) is 16.4. The van der Waals surface area contributed by atoms with Gasteiger partial charge < -0.3 is 14.5 Å². The van der Waals surface area contributed by atoms with Gasteiger partial charge in [0, 0.05) is 44.4 Å². The van der Waals surface area contributed by atoms with E-state index in [1.165, 1.54) is 45.1 Å². The average Bonchev–Trinajstić information content (AvgIpc) is 3.59. The van der Waals surface area contributed by atoms with Gasteiger partial charge in [-0.25, -0.2) is 4.58 Å². The van der Waals surface area contributed by atoms with Gasteiger partial charge >= 0.3 is 33.6 Å². The number of thiocarbonyl (C=S) groups is 1. The molecule has 326 valence electrons. The van der Waals surface area contributed by atoms with Crippen LogP contribution < -0.4 is 4.90 Å². The summed E-state index contributed by atoms with van der Waals surface area (Å²) >= 11 is 5.85.